The van der Waals surface area contributed by atoms with Crippen LogP contribution in [-0.4, -0.2) is 65.1 Å². The second-order valence-corrected chi connectivity index (χ2v) is 7.86. The molecule has 0 saturated carbocycles. The smallest absolute Gasteiger partial charge is 0.246 e. The van der Waals surface area contributed by atoms with Crippen molar-refractivity contribution >= 4 is 10.0 Å². The number of aliphatic hydroxyl groups is 1. The number of fused-ring (bicyclic) bond motifs is 2. The second-order valence-electron chi connectivity index (χ2n) is 5.98. The summed E-state index contributed by atoms with van der Waals surface area (Å²) < 4.78 is 27.4. The molecule has 0 spiro atoms. The number of nitrogens with zero attached hydrogens (tertiary/aromatic N) is 3. The van der Waals surface area contributed by atoms with Crippen LogP contribution in [0.25, 0.3) is 0 Å². The molecule has 2 N–H and O–H groups in total. The lowest BCUT2D eigenvalue weighted by molar-refractivity contribution is 0.246. The summed E-state index contributed by atoms with van der Waals surface area (Å²) in [5, 5.41) is 15.9. The maximum Gasteiger partial charge on any atom is 0.246 e. The first-order chi connectivity index (χ1) is 9.95. The number of aryl methyl sites for hydroxylation is 1. The fourth-order valence-electron chi connectivity index (χ4n) is 3.54. The van der Waals surface area contributed by atoms with E-state index in [0.717, 1.165) is 19.3 Å². The number of aliphatic hydroxyl groups excluding tert-OH is 1. The highest BCUT2D eigenvalue weighted by Gasteiger charge is 2.40. The molecule has 2 aliphatic heterocycles. The number of H-pyrrole nitrogens is 1. The molecule has 0 radical (unpaired) electrons. The predicted molar refractivity (Wildman–Crippen MR) is 77.2 cm³/mol. The van der Waals surface area contributed by atoms with Gasteiger partial charge in [-0.3, -0.25) is 10.00 Å². The molecule has 3 heterocycles. The van der Waals surface area contributed by atoms with Crippen molar-refractivity contribution in [2.24, 2.45) is 0 Å². The summed E-state index contributed by atoms with van der Waals surface area (Å²) >= 11 is 0. The van der Waals surface area contributed by atoms with E-state index in [4.69, 9.17) is 0 Å². The zero-order chi connectivity index (χ0) is 15.2. The van der Waals surface area contributed by atoms with Gasteiger partial charge >= 0.3 is 0 Å². The average Bonchev–Trinajstić information content (AvgIpc) is 2.90. The zero-order valence-corrected chi connectivity index (χ0v) is 13.2. The molecule has 1 aromatic rings. The Morgan fingerprint density at radius 3 is 2.76 bits per heavy atom. The van der Waals surface area contributed by atoms with Crippen LogP contribution < -0.4 is 0 Å². The van der Waals surface area contributed by atoms with Gasteiger partial charge in [0.25, 0.3) is 0 Å². The third-order valence-electron chi connectivity index (χ3n) is 4.82. The highest BCUT2D eigenvalue weighted by atomic mass is 32.2. The van der Waals surface area contributed by atoms with Crippen LogP contribution in [-0.2, 0) is 16.6 Å². The lowest BCUT2D eigenvalue weighted by Gasteiger charge is -2.25. The molecule has 2 fully saturated rings. The number of rotatable bonds is 3. The van der Waals surface area contributed by atoms with Crippen LogP contribution in [0.5, 0.6) is 0 Å². The molecule has 7 nitrogen and oxygen atoms in total. The van der Waals surface area contributed by atoms with Crippen LogP contribution in [0.4, 0.5) is 0 Å². The summed E-state index contributed by atoms with van der Waals surface area (Å²) in [6.45, 7) is 2.35. The molecule has 2 saturated heterocycles. The van der Waals surface area contributed by atoms with Gasteiger partial charge in [0, 0.05) is 25.2 Å². The van der Waals surface area contributed by atoms with E-state index in [1.807, 2.05) is 0 Å². The maximum atomic E-state index is 12.9. The largest absolute Gasteiger partial charge is 0.390 e. The normalized spacial score (nSPS) is 28.0. The first-order valence-electron chi connectivity index (χ1n) is 7.32. The van der Waals surface area contributed by atoms with E-state index in [2.05, 4.69) is 22.1 Å². The lowest BCUT2D eigenvalue weighted by Crippen LogP contribution is -2.40. The summed E-state index contributed by atoms with van der Waals surface area (Å²) in [6.07, 6.45) is 3.06. The molecule has 8 heteroatoms. The van der Waals surface area contributed by atoms with Gasteiger partial charge in [0.15, 0.2) is 0 Å². The topological polar surface area (TPSA) is 89.5 Å². The molecule has 118 valence electrons. The molecule has 0 aromatic carbocycles. The number of nitrogens with one attached hydrogen (secondary N) is 1. The van der Waals surface area contributed by atoms with E-state index >= 15 is 0 Å². The zero-order valence-electron chi connectivity index (χ0n) is 12.4. The van der Waals surface area contributed by atoms with Gasteiger partial charge in [-0.1, -0.05) is 0 Å². The number of hydrogen-bond acceptors (Lipinski definition) is 5. The van der Waals surface area contributed by atoms with Crippen LogP contribution >= 0.6 is 0 Å². The summed E-state index contributed by atoms with van der Waals surface area (Å²) in [5.41, 5.74) is 0.692. The van der Waals surface area contributed by atoms with E-state index in [9.17, 15) is 13.5 Å². The van der Waals surface area contributed by atoms with Crippen molar-refractivity contribution < 1.29 is 13.5 Å². The van der Waals surface area contributed by atoms with Crippen molar-refractivity contribution in [1.82, 2.24) is 19.4 Å². The third kappa shape index (κ3) is 2.40. The monoisotopic (exact) mass is 314 g/mol. The molecule has 1 aromatic heterocycles. The van der Waals surface area contributed by atoms with Crippen LogP contribution in [0.3, 0.4) is 0 Å². The Bertz CT molecular complexity index is 627. The molecule has 2 unspecified atom stereocenters. The van der Waals surface area contributed by atoms with Gasteiger partial charge in [0.2, 0.25) is 10.0 Å². The second kappa shape index (κ2) is 5.35. The number of sulfonamides is 1. The molecular formula is C13H22N4O3S. The van der Waals surface area contributed by atoms with Gasteiger partial charge in [-0.15, -0.1) is 0 Å². The highest BCUT2D eigenvalue weighted by molar-refractivity contribution is 7.89. The molecule has 2 atom stereocenters. The van der Waals surface area contributed by atoms with Crippen molar-refractivity contribution in [1.29, 1.82) is 0 Å². The first-order valence-corrected chi connectivity index (χ1v) is 8.76. The van der Waals surface area contributed by atoms with Crippen LogP contribution in [0.2, 0.25) is 0 Å². The number of aromatic amines is 1. The Hall–Kier alpha value is -0.960. The molecule has 0 aliphatic carbocycles. The molecule has 2 aliphatic rings. The first kappa shape index (κ1) is 15.0. The molecule has 0 amide bonds. The Morgan fingerprint density at radius 2 is 2.05 bits per heavy atom. The van der Waals surface area contributed by atoms with Gasteiger partial charge in [-0.25, -0.2) is 8.42 Å². The SMILES string of the molecule is Cc1[nH]nc(CO)c1S(=O)(=O)N1CCC2CCC(C1)N2C. The third-order valence-corrected chi connectivity index (χ3v) is 6.89. The van der Waals surface area contributed by atoms with Gasteiger partial charge in [-0.2, -0.15) is 9.40 Å². The fourth-order valence-corrected chi connectivity index (χ4v) is 5.36. The standard InChI is InChI=1S/C13H22N4O3S/c1-9-13(12(8-18)15-14-9)21(19,20)17-6-5-10-3-4-11(7-17)16(10)2/h10-11,18H,3-8H2,1-2H3,(H,14,15). The van der Waals surface area contributed by atoms with Crippen molar-refractivity contribution in [3.63, 3.8) is 0 Å². The average molecular weight is 314 g/mol. The van der Waals surface area contributed by atoms with Gasteiger partial charge in [0.05, 0.1) is 12.3 Å². The Morgan fingerprint density at radius 1 is 1.33 bits per heavy atom. The van der Waals surface area contributed by atoms with E-state index in [-0.39, 0.29) is 23.2 Å². The fraction of sp³-hybridized carbons (Fsp3) is 0.769. The van der Waals surface area contributed by atoms with E-state index in [0.29, 0.717) is 24.8 Å². The summed E-state index contributed by atoms with van der Waals surface area (Å²) in [5.74, 6) is 0. The van der Waals surface area contributed by atoms with Crippen LogP contribution in [0.1, 0.15) is 30.7 Å². The van der Waals surface area contributed by atoms with Crippen molar-refractivity contribution in [2.75, 3.05) is 20.1 Å². The molecule has 3 rings (SSSR count). The minimum Gasteiger partial charge on any atom is -0.390 e. The maximum absolute atomic E-state index is 12.9. The highest BCUT2D eigenvalue weighted by Crippen LogP contribution is 2.32. The van der Waals surface area contributed by atoms with Gasteiger partial charge in [0.1, 0.15) is 10.6 Å². The number of hydrogen-bond donors (Lipinski definition) is 2. The Balaban J connectivity index is 1.93. The van der Waals surface area contributed by atoms with Crippen LogP contribution in [0.15, 0.2) is 4.90 Å². The van der Waals surface area contributed by atoms with Crippen LogP contribution in [0, 0.1) is 6.92 Å². The van der Waals surface area contributed by atoms with E-state index < -0.39 is 10.0 Å². The van der Waals surface area contributed by atoms with Gasteiger partial charge in [-0.05, 0) is 33.2 Å². The lowest BCUT2D eigenvalue weighted by atomic mass is 10.1. The minimum atomic E-state index is -3.61. The summed E-state index contributed by atoms with van der Waals surface area (Å²) in [6, 6.07) is 0.773. The Kier molecular flexibility index (Phi) is 3.81. The number of likely N-dealkylation sites (N-methyl/N-ethyl adjacent to an activating group) is 1. The molecule has 21 heavy (non-hydrogen) atoms. The summed E-state index contributed by atoms with van der Waals surface area (Å²) in [7, 11) is -1.52. The van der Waals surface area contributed by atoms with E-state index in [1.165, 1.54) is 0 Å². The van der Waals surface area contributed by atoms with Crippen molar-refractivity contribution in [2.45, 2.75) is 49.8 Å². The minimum absolute atomic E-state index is 0.144. The number of aromatic nitrogens is 2. The van der Waals surface area contributed by atoms with Crippen molar-refractivity contribution in [3.05, 3.63) is 11.4 Å². The molecular weight excluding hydrogens is 292 g/mol. The quantitative estimate of drug-likeness (QED) is 0.824. The molecule has 2 bridgehead atoms. The van der Waals surface area contributed by atoms with E-state index in [1.54, 1.807) is 11.2 Å². The summed E-state index contributed by atoms with van der Waals surface area (Å²) in [4.78, 5) is 2.45. The predicted octanol–water partition coefficient (Wildman–Crippen LogP) is 0.0676. The Labute approximate surface area is 125 Å². The van der Waals surface area contributed by atoms with Crippen molar-refractivity contribution in [3.8, 4) is 0 Å². The van der Waals surface area contributed by atoms with Gasteiger partial charge < -0.3 is 5.11 Å².